The molecule has 5 amide bonds. The zero-order valence-electron chi connectivity index (χ0n) is 23.4. The highest BCUT2D eigenvalue weighted by molar-refractivity contribution is 7.98. The van der Waals surface area contributed by atoms with Crippen molar-refractivity contribution < 1.29 is 39.0 Å². The number of hydrogen-bond acceptors (Lipinski definition) is 10. The Balaban J connectivity index is 2.06. The van der Waals surface area contributed by atoms with Gasteiger partial charge in [-0.05, 0) is 36.1 Å². The van der Waals surface area contributed by atoms with Crippen LogP contribution in [0.1, 0.15) is 24.1 Å². The molecule has 0 radical (unpaired) electrons. The molecule has 2 rings (SSSR count). The van der Waals surface area contributed by atoms with Crippen molar-refractivity contribution in [2.24, 2.45) is 11.5 Å². The Kier molecular flexibility index (Phi) is 13.9. The van der Waals surface area contributed by atoms with E-state index in [9.17, 15) is 39.0 Å². The summed E-state index contributed by atoms with van der Waals surface area (Å²) in [6.07, 6.45) is 4.23. The van der Waals surface area contributed by atoms with Crippen molar-refractivity contribution >= 4 is 47.3 Å². The fourth-order valence-corrected chi connectivity index (χ4v) is 4.27. The zero-order valence-corrected chi connectivity index (χ0v) is 24.2. The summed E-state index contributed by atoms with van der Waals surface area (Å²) in [5.41, 5.74) is 11.8. The molecule has 0 aliphatic rings. The van der Waals surface area contributed by atoms with Gasteiger partial charge >= 0.3 is 5.97 Å². The summed E-state index contributed by atoms with van der Waals surface area (Å²) in [5.74, 6) is -4.67. The number of aromatic amines is 1. The Hall–Kier alpha value is -4.64. The van der Waals surface area contributed by atoms with Crippen LogP contribution >= 0.6 is 11.8 Å². The van der Waals surface area contributed by atoms with Gasteiger partial charge in [0.2, 0.25) is 29.5 Å². The largest absolute Gasteiger partial charge is 0.508 e. The van der Waals surface area contributed by atoms with E-state index in [0.717, 1.165) is 0 Å². The highest BCUT2D eigenvalue weighted by atomic mass is 32.2. The number of phenolic OH excluding ortho intramolecular Hbond substituents is 1. The SMILES string of the molecule is CSCC[C@H](NC(=O)CNC(=O)[C@H](Cc1ccc(O)cc1)NC(=O)[C@@H](N)CC(N)=O)C(=O)N[C@@H](Cc1cnc[nH]1)C(=O)O. The first-order chi connectivity index (χ1) is 20.4. The lowest BCUT2D eigenvalue weighted by Crippen LogP contribution is -2.56. The minimum atomic E-state index is -1.31. The van der Waals surface area contributed by atoms with E-state index < -0.39 is 72.6 Å². The van der Waals surface area contributed by atoms with E-state index in [2.05, 4.69) is 31.2 Å². The molecule has 234 valence electrons. The summed E-state index contributed by atoms with van der Waals surface area (Å²) in [7, 11) is 0. The van der Waals surface area contributed by atoms with E-state index >= 15 is 0 Å². The number of nitrogens with one attached hydrogen (secondary N) is 5. The quantitative estimate of drug-likeness (QED) is 0.0841. The number of aliphatic carboxylic acids is 1. The molecule has 0 saturated heterocycles. The summed E-state index contributed by atoms with van der Waals surface area (Å²) in [6, 6.07) is 0.927. The Labute approximate surface area is 251 Å². The van der Waals surface area contributed by atoms with Crippen LogP contribution in [0.25, 0.3) is 0 Å². The minimum Gasteiger partial charge on any atom is -0.508 e. The van der Waals surface area contributed by atoms with Crippen molar-refractivity contribution in [3.8, 4) is 5.75 Å². The summed E-state index contributed by atoms with van der Waals surface area (Å²) in [4.78, 5) is 80.7. The van der Waals surface area contributed by atoms with Crippen molar-refractivity contribution in [3.05, 3.63) is 48.0 Å². The highest BCUT2D eigenvalue weighted by Crippen LogP contribution is 2.12. The van der Waals surface area contributed by atoms with E-state index in [-0.39, 0.29) is 25.0 Å². The predicted molar refractivity (Wildman–Crippen MR) is 155 cm³/mol. The Morgan fingerprint density at radius 3 is 2.21 bits per heavy atom. The second kappa shape index (κ2) is 17.3. The molecule has 0 spiro atoms. The molecule has 0 fully saturated rings. The molecule has 0 bridgehead atoms. The number of carboxylic acids is 1. The predicted octanol–water partition coefficient (Wildman–Crippen LogP) is -2.49. The number of carboxylic acid groups (broad SMARTS) is 1. The van der Waals surface area contributed by atoms with Gasteiger partial charge in [-0.3, -0.25) is 24.0 Å². The number of thioether (sulfide) groups is 1. The van der Waals surface area contributed by atoms with E-state index in [0.29, 0.717) is 17.0 Å². The molecular weight excluding hydrogens is 584 g/mol. The molecule has 1 aromatic carbocycles. The molecule has 16 nitrogen and oxygen atoms in total. The Morgan fingerprint density at radius 2 is 1.63 bits per heavy atom. The molecule has 11 N–H and O–H groups in total. The van der Waals surface area contributed by atoms with Crippen LogP contribution in [0, 0.1) is 0 Å². The second-order valence-corrected chi connectivity index (χ2v) is 10.5. The third kappa shape index (κ3) is 12.4. The molecule has 43 heavy (non-hydrogen) atoms. The minimum absolute atomic E-state index is 0.00927. The number of rotatable bonds is 18. The van der Waals surface area contributed by atoms with Crippen molar-refractivity contribution in [3.63, 3.8) is 0 Å². The van der Waals surface area contributed by atoms with Gasteiger partial charge in [0.15, 0.2) is 0 Å². The highest BCUT2D eigenvalue weighted by Gasteiger charge is 2.28. The number of carbonyl (C=O) groups is 6. The standard InChI is InChI=1S/C26H36N8O8S/c1-43-7-6-18(25(40)34-20(26(41)42)9-15-11-29-13-31-15)32-22(37)12-30-24(39)19(8-14-2-4-16(35)5-3-14)33-23(38)17(27)10-21(28)36/h2-5,11,13,17-20,35H,6-10,12,27H2,1H3,(H2,28,36)(H,29,31)(H,30,39)(H,32,37)(H,33,38)(H,34,40)(H,41,42)/t17-,18-,19-,20-/m0/s1. The number of hydrogen-bond donors (Lipinski definition) is 9. The van der Waals surface area contributed by atoms with Gasteiger partial charge in [0, 0.05) is 24.7 Å². The van der Waals surface area contributed by atoms with Gasteiger partial charge in [-0.1, -0.05) is 12.1 Å². The van der Waals surface area contributed by atoms with Crippen LogP contribution in [0.15, 0.2) is 36.8 Å². The van der Waals surface area contributed by atoms with E-state index in [1.54, 1.807) is 6.26 Å². The number of nitrogens with two attached hydrogens (primary N) is 2. The van der Waals surface area contributed by atoms with Gasteiger partial charge in [0.25, 0.3) is 0 Å². The van der Waals surface area contributed by atoms with Crippen LogP contribution in [0.4, 0.5) is 0 Å². The van der Waals surface area contributed by atoms with Crippen molar-refractivity contribution in [1.29, 1.82) is 0 Å². The van der Waals surface area contributed by atoms with Gasteiger partial charge in [0.1, 0.15) is 23.9 Å². The Bertz CT molecular complexity index is 1260. The van der Waals surface area contributed by atoms with Crippen molar-refractivity contribution in [1.82, 2.24) is 31.2 Å². The third-order valence-corrected chi connectivity index (χ3v) is 6.69. The normalized spacial score (nSPS) is 13.5. The maximum atomic E-state index is 13.0. The lowest BCUT2D eigenvalue weighted by atomic mass is 10.0. The van der Waals surface area contributed by atoms with E-state index in [4.69, 9.17) is 11.5 Å². The zero-order chi connectivity index (χ0) is 31.9. The van der Waals surface area contributed by atoms with Gasteiger partial charge in [-0.15, -0.1) is 0 Å². The average molecular weight is 621 g/mol. The number of nitrogens with zero attached hydrogens (tertiary/aromatic N) is 1. The smallest absolute Gasteiger partial charge is 0.326 e. The Morgan fingerprint density at radius 1 is 0.953 bits per heavy atom. The number of imidazole rings is 1. The van der Waals surface area contributed by atoms with Gasteiger partial charge < -0.3 is 47.9 Å². The summed E-state index contributed by atoms with van der Waals surface area (Å²) >= 11 is 1.41. The number of aromatic nitrogens is 2. The fourth-order valence-electron chi connectivity index (χ4n) is 3.79. The topological polar surface area (TPSA) is 272 Å². The van der Waals surface area contributed by atoms with Gasteiger partial charge in [-0.2, -0.15) is 11.8 Å². The first-order valence-electron chi connectivity index (χ1n) is 13.1. The van der Waals surface area contributed by atoms with E-state index in [1.807, 2.05) is 0 Å². The number of amides is 5. The van der Waals surface area contributed by atoms with Crippen LogP contribution in [-0.2, 0) is 41.6 Å². The number of primary amides is 1. The molecule has 1 aromatic heterocycles. The monoisotopic (exact) mass is 620 g/mol. The van der Waals surface area contributed by atoms with Crippen LogP contribution in [0.2, 0.25) is 0 Å². The maximum Gasteiger partial charge on any atom is 0.326 e. The number of phenols is 1. The van der Waals surface area contributed by atoms with Crippen LogP contribution < -0.4 is 32.7 Å². The lowest BCUT2D eigenvalue weighted by Gasteiger charge is -2.22. The summed E-state index contributed by atoms with van der Waals surface area (Å²) < 4.78 is 0. The summed E-state index contributed by atoms with van der Waals surface area (Å²) in [6.45, 7) is -0.576. The van der Waals surface area contributed by atoms with E-state index in [1.165, 1.54) is 48.6 Å². The first-order valence-corrected chi connectivity index (χ1v) is 14.5. The number of H-pyrrole nitrogens is 1. The van der Waals surface area contributed by atoms with Gasteiger partial charge in [-0.25, -0.2) is 9.78 Å². The fraction of sp³-hybridized carbons (Fsp3) is 0.423. The first kappa shape index (κ1) is 34.6. The molecule has 0 aliphatic heterocycles. The average Bonchev–Trinajstić information content (AvgIpc) is 3.47. The molecule has 2 aromatic rings. The number of benzene rings is 1. The molecule has 0 aliphatic carbocycles. The molecule has 17 heteroatoms. The number of carbonyl (C=O) groups excluding carboxylic acids is 5. The van der Waals surface area contributed by atoms with Crippen LogP contribution in [-0.4, -0.2) is 98.4 Å². The molecular formula is C26H36N8O8S. The third-order valence-electron chi connectivity index (χ3n) is 6.05. The number of aromatic hydroxyl groups is 1. The van der Waals surface area contributed by atoms with Crippen molar-refractivity contribution in [2.45, 2.75) is 49.9 Å². The molecule has 4 atom stereocenters. The maximum absolute atomic E-state index is 13.0. The molecule has 0 saturated carbocycles. The van der Waals surface area contributed by atoms with Crippen LogP contribution in [0.5, 0.6) is 5.75 Å². The van der Waals surface area contributed by atoms with Crippen LogP contribution in [0.3, 0.4) is 0 Å². The van der Waals surface area contributed by atoms with Crippen molar-refractivity contribution in [2.75, 3.05) is 18.6 Å². The summed E-state index contributed by atoms with van der Waals surface area (Å²) in [5, 5.41) is 28.8. The van der Waals surface area contributed by atoms with Gasteiger partial charge in [0.05, 0.1) is 25.3 Å². The second-order valence-electron chi connectivity index (χ2n) is 9.51. The lowest BCUT2D eigenvalue weighted by molar-refractivity contribution is -0.142. The molecule has 0 unspecified atom stereocenters. The molecule has 1 heterocycles.